The van der Waals surface area contributed by atoms with Crippen LogP contribution in [0.25, 0.3) is 0 Å². The summed E-state index contributed by atoms with van der Waals surface area (Å²) < 4.78 is 40.7. The van der Waals surface area contributed by atoms with Crippen LogP contribution in [0.2, 0.25) is 19.6 Å². The SMILES string of the molecule is C[C@H]1C[C@]([Si](C)(C)C)(S(=O)(=O)c2ccccc2)[C@H](CCC=O)[C@@]2(C)OC(C)(C)OC12. The second-order valence-corrected chi connectivity index (χ2v) is 18.6. The summed E-state index contributed by atoms with van der Waals surface area (Å²) in [5, 5.41) is 0. The van der Waals surface area contributed by atoms with Gasteiger partial charge in [-0.25, -0.2) is 8.42 Å². The zero-order valence-corrected chi connectivity index (χ0v) is 21.1. The highest BCUT2D eigenvalue weighted by atomic mass is 32.2. The molecule has 0 N–H and O–H groups in total. The number of aldehydes is 1. The smallest absolute Gasteiger partial charge is 0.181 e. The number of rotatable bonds is 6. The van der Waals surface area contributed by atoms with Gasteiger partial charge in [0.1, 0.15) is 6.29 Å². The highest BCUT2D eigenvalue weighted by Crippen LogP contribution is 2.60. The Bertz CT molecular complexity index is 892. The monoisotopic (exact) mass is 452 g/mol. The molecule has 1 saturated carbocycles. The predicted molar refractivity (Wildman–Crippen MR) is 121 cm³/mol. The Balaban J connectivity index is 2.31. The lowest BCUT2D eigenvalue weighted by Crippen LogP contribution is -2.72. The van der Waals surface area contributed by atoms with Crippen molar-refractivity contribution in [3.63, 3.8) is 0 Å². The number of hydrogen-bond acceptors (Lipinski definition) is 5. The summed E-state index contributed by atoms with van der Waals surface area (Å²) in [6.07, 6.45) is 1.98. The van der Waals surface area contributed by atoms with E-state index in [0.29, 0.717) is 24.2 Å². The highest BCUT2D eigenvalue weighted by Gasteiger charge is 2.71. The van der Waals surface area contributed by atoms with Crippen LogP contribution in [0.1, 0.15) is 47.0 Å². The quantitative estimate of drug-likeness (QED) is 0.465. The second-order valence-electron chi connectivity index (χ2n) is 10.7. The van der Waals surface area contributed by atoms with Gasteiger partial charge in [0.2, 0.25) is 0 Å². The third-order valence-electron chi connectivity index (χ3n) is 7.21. The van der Waals surface area contributed by atoms with Gasteiger partial charge in [0.05, 0.1) is 29.0 Å². The van der Waals surface area contributed by atoms with Gasteiger partial charge in [0.25, 0.3) is 0 Å². The molecular weight excluding hydrogens is 416 g/mol. The molecule has 0 radical (unpaired) electrons. The summed E-state index contributed by atoms with van der Waals surface area (Å²) in [5.74, 6) is -1.12. The Morgan fingerprint density at radius 3 is 2.27 bits per heavy atom. The molecular formula is C23H36O5SSi. The molecule has 1 saturated heterocycles. The largest absolute Gasteiger partial charge is 0.344 e. The third kappa shape index (κ3) is 3.42. The van der Waals surface area contributed by atoms with Gasteiger partial charge < -0.3 is 14.3 Å². The molecule has 3 rings (SSSR count). The highest BCUT2D eigenvalue weighted by molar-refractivity contribution is 7.95. The molecule has 1 aliphatic heterocycles. The van der Waals surface area contributed by atoms with Crippen LogP contribution < -0.4 is 0 Å². The van der Waals surface area contributed by atoms with Crippen LogP contribution in [0.5, 0.6) is 0 Å². The second kappa shape index (κ2) is 7.54. The standard InChI is InChI=1S/C23H36O5SSi/c1-17-16-23(30(5,6)7,29(25,26)18-12-9-8-10-13-18)19(14-11-15-24)22(4)20(17)27-21(2,3)28-22/h8-10,12-13,15,17,19-20H,11,14,16H2,1-7H3/t17-,19+,20?,22+,23+/m0/s1. The van der Waals surface area contributed by atoms with Crippen molar-refractivity contribution in [2.45, 2.75) is 93.4 Å². The van der Waals surface area contributed by atoms with E-state index in [-0.39, 0.29) is 17.9 Å². The van der Waals surface area contributed by atoms with Crippen LogP contribution in [0, 0.1) is 11.8 Å². The number of carbonyl (C=O) groups excluding carboxylic acids is 1. The average Bonchev–Trinajstić information content (AvgIpc) is 2.90. The Hall–Kier alpha value is -1.02. The fourth-order valence-corrected chi connectivity index (χ4v) is 14.4. The lowest BCUT2D eigenvalue weighted by Gasteiger charge is -2.59. The molecule has 1 heterocycles. The van der Waals surface area contributed by atoms with E-state index in [4.69, 9.17) is 9.47 Å². The molecule has 30 heavy (non-hydrogen) atoms. The maximum atomic E-state index is 14.4. The third-order valence-corrected chi connectivity index (χ3v) is 15.3. The minimum absolute atomic E-state index is 0.00877. The van der Waals surface area contributed by atoms with Gasteiger partial charge in [-0.3, -0.25) is 0 Å². The van der Waals surface area contributed by atoms with Crippen molar-refractivity contribution in [2.75, 3.05) is 0 Å². The van der Waals surface area contributed by atoms with Crippen LogP contribution in [-0.2, 0) is 24.1 Å². The van der Waals surface area contributed by atoms with Crippen LogP contribution in [0.4, 0.5) is 0 Å². The van der Waals surface area contributed by atoms with E-state index in [0.717, 1.165) is 6.29 Å². The summed E-state index contributed by atoms with van der Waals surface area (Å²) in [5.41, 5.74) is -0.785. The van der Waals surface area contributed by atoms with Gasteiger partial charge in [-0.2, -0.15) is 0 Å². The number of ether oxygens (including phenoxy) is 2. The van der Waals surface area contributed by atoms with E-state index in [1.54, 1.807) is 24.3 Å². The maximum absolute atomic E-state index is 14.4. The van der Waals surface area contributed by atoms with Crippen LogP contribution >= 0.6 is 0 Å². The van der Waals surface area contributed by atoms with E-state index in [1.807, 2.05) is 26.8 Å². The molecule has 0 bridgehead atoms. The normalized spacial score (nSPS) is 36.3. The molecule has 5 atom stereocenters. The topological polar surface area (TPSA) is 69.7 Å². The van der Waals surface area contributed by atoms with Gasteiger partial charge in [0.15, 0.2) is 15.6 Å². The Kier molecular flexibility index (Phi) is 5.94. The van der Waals surface area contributed by atoms with Crippen molar-refractivity contribution in [3.05, 3.63) is 30.3 Å². The van der Waals surface area contributed by atoms with Crippen molar-refractivity contribution >= 4 is 24.2 Å². The molecule has 7 heteroatoms. The first-order chi connectivity index (χ1) is 13.7. The first-order valence-electron chi connectivity index (χ1n) is 10.8. The molecule has 1 unspecified atom stereocenters. The average molecular weight is 453 g/mol. The number of benzene rings is 1. The van der Waals surface area contributed by atoms with Gasteiger partial charge in [-0.15, -0.1) is 0 Å². The van der Waals surface area contributed by atoms with Crippen molar-refractivity contribution in [2.24, 2.45) is 11.8 Å². The van der Waals surface area contributed by atoms with E-state index in [9.17, 15) is 13.2 Å². The van der Waals surface area contributed by atoms with Crippen molar-refractivity contribution in [1.82, 2.24) is 0 Å². The molecule has 168 valence electrons. The van der Waals surface area contributed by atoms with Crippen molar-refractivity contribution in [3.8, 4) is 0 Å². The first kappa shape index (κ1) is 23.6. The van der Waals surface area contributed by atoms with E-state index < -0.39 is 33.7 Å². The number of fused-ring (bicyclic) bond motifs is 1. The van der Waals surface area contributed by atoms with Gasteiger partial charge >= 0.3 is 0 Å². The molecule has 2 fully saturated rings. The molecule has 0 spiro atoms. The van der Waals surface area contributed by atoms with Crippen molar-refractivity contribution in [1.29, 1.82) is 0 Å². The molecule has 0 aromatic heterocycles. The molecule has 0 amide bonds. The van der Waals surface area contributed by atoms with Crippen LogP contribution in [0.3, 0.4) is 0 Å². The fourth-order valence-electron chi connectivity index (χ4n) is 6.27. The molecule has 1 aliphatic carbocycles. The van der Waals surface area contributed by atoms with Gasteiger partial charge in [0, 0.05) is 12.3 Å². The Morgan fingerprint density at radius 1 is 1.13 bits per heavy atom. The number of hydrogen-bond donors (Lipinski definition) is 0. The lowest BCUT2D eigenvalue weighted by molar-refractivity contribution is -0.170. The number of sulfone groups is 1. The predicted octanol–water partition coefficient (Wildman–Crippen LogP) is 4.62. The molecule has 2 aliphatic rings. The van der Waals surface area contributed by atoms with Crippen molar-refractivity contribution < 1.29 is 22.7 Å². The van der Waals surface area contributed by atoms with E-state index in [2.05, 4.69) is 26.6 Å². The minimum Gasteiger partial charge on any atom is -0.344 e. The van der Waals surface area contributed by atoms with Crippen LogP contribution in [-0.4, -0.2) is 44.6 Å². The Morgan fingerprint density at radius 2 is 1.73 bits per heavy atom. The minimum atomic E-state index is -3.70. The zero-order valence-electron chi connectivity index (χ0n) is 19.3. The first-order valence-corrected chi connectivity index (χ1v) is 15.8. The fraction of sp³-hybridized carbons (Fsp3) is 0.696. The summed E-state index contributed by atoms with van der Waals surface area (Å²) in [7, 11) is -6.07. The zero-order chi connectivity index (χ0) is 22.6. The van der Waals surface area contributed by atoms with Gasteiger partial charge in [-0.05, 0) is 51.7 Å². The molecule has 1 aromatic rings. The molecule has 1 aromatic carbocycles. The number of carbonyl (C=O) groups is 1. The lowest BCUT2D eigenvalue weighted by atomic mass is 9.67. The summed E-state index contributed by atoms with van der Waals surface area (Å²) in [6.45, 7) is 14.3. The summed E-state index contributed by atoms with van der Waals surface area (Å²) in [6, 6.07) is 8.79. The van der Waals surface area contributed by atoms with Crippen LogP contribution in [0.15, 0.2) is 35.2 Å². The van der Waals surface area contributed by atoms with Gasteiger partial charge in [-0.1, -0.05) is 44.8 Å². The Labute approximate surface area is 182 Å². The summed E-state index contributed by atoms with van der Waals surface area (Å²) >= 11 is 0. The molecule has 5 nitrogen and oxygen atoms in total. The van der Waals surface area contributed by atoms with E-state index in [1.165, 1.54) is 0 Å². The van der Waals surface area contributed by atoms with E-state index >= 15 is 0 Å². The summed E-state index contributed by atoms with van der Waals surface area (Å²) in [4.78, 5) is 11.8. The maximum Gasteiger partial charge on any atom is 0.181 e.